The van der Waals surface area contributed by atoms with Gasteiger partial charge in [-0.1, -0.05) is 11.3 Å². The van der Waals surface area contributed by atoms with Crippen molar-refractivity contribution >= 4 is 32.6 Å². The van der Waals surface area contributed by atoms with Crippen LogP contribution >= 0.6 is 11.3 Å². The average molecular weight is 404 g/mol. The minimum atomic E-state index is -0.350. The monoisotopic (exact) mass is 404 g/mol. The van der Waals surface area contributed by atoms with Gasteiger partial charge in [0.2, 0.25) is 5.75 Å². The lowest BCUT2D eigenvalue weighted by Crippen LogP contribution is -2.12. The summed E-state index contributed by atoms with van der Waals surface area (Å²) in [5.74, 6) is 2.03. The first kappa shape index (κ1) is 19.6. The molecule has 0 saturated heterocycles. The molecule has 0 bridgehead atoms. The first-order valence-electron chi connectivity index (χ1n) is 8.18. The van der Waals surface area contributed by atoms with Crippen LogP contribution in [0, 0.1) is 0 Å². The van der Waals surface area contributed by atoms with Crippen molar-refractivity contribution in [3.63, 3.8) is 0 Å². The number of nitrogens with one attached hydrogen (secondary N) is 1. The van der Waals surface area contributed by atoms with E-state index in [4.69, 9.17) is 23.7 Å². The Kier molecular flexibility index (Phi) is 5.74. The number of aromatic nitrogens is 1. The maximum absolute atomic E-state index is 12.7. The summed E-state index contributed by atoms with van der Waals surface area (Å²) in [5, 5.41) is 3.25. The topological polar surface area (TPSA) is 88.1 Å². The first-order valence-corrected chi connectivity index (χ1v) is 9.00. The van der Waals surface area contributed by atoms with Crippen LogP contribution in [0.2, 0.25) is 0 Å². The second-order valence-corrected chi connectivity index (χ2v) is 6.59. The molecule has 1 aromatic heterocycles. The lowest BCUT2D eigenvalue weighted by Gasteiger charge is -2.13. The number of methoxy groups -OCH3 is 5. The zero-order valence-electron chi connectivity index (χ0n) is 16.1. The Morgan fingerprint density at radius 1 is 0.821 bits per heavy atom. The summed E-state index contributed by atoms with van der Waals surface area (Å²) in [6.07, 6.45) is 0. The molecule has 9 heteroatoms. The Labute approximate surface area is 165 Å². The Bertz CT molecular complexity index is 951. The van der Waals surface area contributed by atoms with Crippen LogP contribution in [0.15, 0.2) is 24.3 Å². The molecule has 8 nitrogen and oxygen atoms in total. The van der Waals surface area contributed by atoms with E-state index in [2.05, 4.69) is 10.3 Å². The van der Waals surface area contributed by atoms with E-state index in [1.54, 1.807) is 32.4 Å². The molecule has 28 heavy (non-hydrogen) atoms. The second-order valence-electron chi connectivity index (χ2n) is 5.56. The minimum Gasteiger partial charge on any atom is -0.493 e. The minimum absolute atomic E-state index is 0.350. The number of thiazole rings is 1. The van der Waals surface area contributed by atoms with Crippen LogP contribution in [-0.2, 0) is 0 Å². The van der Waals surface area contributed by atoms with Crippen LogP contribution in [-0.4, -0.2) is 46.4 Å². The van der Waals surface area contributed by atoms with Gasteiger partial charge < -0.3 is 23.7 Å². The zero-order chi connectivity index (χ0) is 20.3. The molecule has 0 saturated carbocycles. The number of ether oxygens (including phenoxy) is 5. The van der Waals surface area contributed by atoms with E-state index >= 15 is 0 Å². The molecule has 148 valence electrons. The highest BCUT2D eigenvalue weighted by atomic mass is 32.1. The SMILES string of the molecule is COc1cc2nc(NC(=O)c3cc(OC)c(OC)c(OC)c3)sc2cc1OC. The third-order valence-electron chi connectivity index (χ3n) is 4.04. The van der Waals surface area contributed by atoms with Gasteiger partial charge in [-0.3, -0.25) is 10.1 Å². The fourth-order valence-corrected chi connectivity index (χ4v) is 3.56. The van der Waals surface area contributed by atoms with Gasteiger partial charge >= 0.3 is 0 Å². The molecular formula is C19H20N2O6S. The molecule has 1 N–H and O–H groups in total. The maximum atomic E-state index is 12.7. The summed E-state index contributed by atoms with van der Waals surface area (Å²) in [7, 11) is 7.62. The Hall–Kier alpha value is -3.20. The molecule has 0 atom stereocenters. The van der Waals surface area contributed by atoms with Gasteiger partial charge in [-0.15, -0.1) is 0 Å². The molecule has 0 fully saturated rings. The van der Waals surface area contributed by atoms with Crippen LogP contribution in [0.5, 0.6) is 28.7 Å². The molecule has 1 heterocycles. The molecule has 3 rings (SSSR count). The number of hydrogen-bond acceptors (Lipinski definition) is 8. The van der Waals surface area contributed by atoms with Crippen molar-refractivity contribution in [2.75, 3.05) is 40.9 Å². The van der Waals surface area contributed by atoms with Crippen molar-refractivity contribution in [2.24, 2.45) is 0 Å². The fraction of sp³-hybridized carbons (Fsp3) is 0.263. The number of hydrogen-bond donors (Lipinski definition) is 1. The molecule has 1 amide bonds. The molecule has 0 spiro atoms. The predicted molar refractivity (Wildman–Crippen MR) is 107 cm³/mol. The largest absolute Gasteiger partial charge is 0.493 e. The summed E-state index contributed by atoms with van der Waals surface area (Å²) in [4.78, 5) is 17.2. The third-order valence-corrected chi connectivity index (χ3v) is 4.97. The number of fused-ring (bicyclic) bond motifs is 1. The smallest absolute Gasteiger partial charge is 0.257 e. The third kappa shape index (κ3) is 3.61. The second kappa shape index (κ2) is 8.22. The number of carbonyl (C=O) groups is 1. The number of benzene rings is 2. The van der Waals surface area contributed by atoms with E-state index in [-0.39, 0.29) is 5.91 Å². The molecule has 0 aliphatic rings. The van der Waals surface area contributed by atoms with E-state index in [1.165, 1.54) is 32.7 Å². The van der Waals surface area contributed by atoms with Gasteiger partial charge in [-0.25, -0.2) is 4.98 Å². The molecule has 3 aromatic rings. The summed E-state index contributed by atoms with van der Waals surface area (Å²) < 4.78 is 27.3. The van der Waals surface area contributed by atoms with Gasteiger partial charge in [-0.05, 0) is 12.1 Å². The first-order chi connectivity index (χ1) is 13.5. The normalized spacial score (nSPS) is 10.5. The summed E-state index contributed by atoms with van der Waals surface area (Å²) in [5.41, 5.74) is 1.05. The highest BCUT2D eigenvalue weighted by Gasteiger charge is 2.18. The van der Waals surface area contributed by atoms with E-state index in [0.29, 0.717) is 45.0 Å². The van der Waals surface area contributed by atoms with Crippen molar-refractivity contribution in [3.05, 3.63) is 29.8 Å². The molecule has 0 aliphatic heterocycles. The van der Waals surface area contributed by atoms with Crippen LogP contribution in [0.1, 0.15) is 10.4 Å². The molecule has 0 unspecified atom stereocenters. The summed E-state index contributed by atoms with van der Waals surface area (Å²) >= 11 is 1.33. The molecule has 2 aromatic carbocycles. The average Bonchev–Trinajstić information content (AvgIpc) is 3.12. The predicted octanol–water partition coefficient (Wildman–Crippen LogP) is 3.59. The van der Waals surface area contributed by atoms with E-state index in [1.807, 2.05) is 6.07 Å². The molecule has 0 aliphatic carbocycles. The zero-order valence-corrected chi connectivity index (χ0v) is 16.9. The van der Waals surface area contributed by atoms with Crippen molar-refractivity contribution in [1.82, 2.24) is 4.98 Å². The Morgan fingerprint density at radius 3 is 1.93 bits per heavy atom. The highest BCUT2D eigenvalue weighted by molar-refractivity contribution is 7.22. The van der Waals surface area contributed by atoms with Crippen LogP contribution in [0.4, 0.5) is 5.13 Å². The van der Waals surface area contributed by atoms with Crippen molar-refractivity contribution < 1.29 is 28.5 Å². The number of anilines is 1. The van der Waals surface area contributed by atoms with Gasteiger partial charge in [-0.2, -0.15) is 0 Å². The summed E-state index contributed by atoms with van der Waals surface area (Å²) in [6, 6.07) is 6.74. The lowest BCUT2D eigenvalue weighted by molar-refractivity contribution is 0.102. The number of nitrogens with zero attached hydrogens (tertiary/aromatic N) is 1. The van der Waals surface area contributed by atoms with E-state index < -0.39 is 0 Å². The van der Waals surface area contributed by atoms with Crippen molar-refractivity contribution in [2.45, 2.75) is 0 Å². The summed E-state index contributed by atoms with van der Waals surface area (Å²) in [6.45, 7) is 0. The van der Waals surface area contributed by atoms with Gasteiger partial charge in [0.15, 0.2) is 28.1 Å². The van der Waals surface area contributed by atoms with E-state index in [9.17, 15) is 4.79 Å². The fourth-order valence-electron chi connectivity index (χ4n) is 2.69. The number of carbonyl (C=O) groups excluding carboxylic acids is 1. The van der Waals surface area contributed by atoms with Crippen LogP contribution in [0.3, 0.4) is 0 Å². The molecular weight excluding hydrogens is 384 g/mol. The quantitative estimate of drug-likeness (QED) is 0.644. The van der Waals surface area contributed by atoms with Crippen LogP contribution < -0.4 is 29.0 Å². The van der Waals surface area contributed by atoms with E-state index in [0.717, 1.165) is 4.70 Å². The standard InChI is InChI=1S/C19H20N2O6S/c1-23-12-8-11-16(9-13(12)24-2)28-19(20-11)21-18(22)10-6-14(25-3)17(27-5)15(7-10)26-4/h6-9H,1-5H3,(H,20,21,22). The van der Waals surface area contributed by atoms with Gasteiger partial charge in [0.25, 0.3) is 5.91 Å². The van der Waals surface area contributed by atoms with Gasteiger partial charge in [0, 0.05) is 17.7 Å². The number of amides is 1. The van der Waals surface area contributed by atoms with Crippen molar-refractivity contribution in [3.8, 4) is 28.7 Å². The molecule has 0 radical (unpaired) electrons. The lowest BCUT2D eigenvalue weighted by atomic mass is 10.1. The Balaban J connectivity index is 1.92. The highest BCUT2D eigenvalue weighted by Crippen LogP contribution is 2.39. The van der Waals surface area contributed by atoms with Crippen molar-refractivity contribution in [1.29, 1.82) is 0 Å². The maximum Gasteiger partial charge on any atom is 0.257 e. The Morgan fingerprint density at radius 2 is 1.39 bits per heavy atom. The van der Waals surface area contributed by atoms with Gasteiger partial charge in [0.1, 0.15) is 0 Å². The number of rotatable bonds is 7. The van der Waals surface area contributed by atoms with Gasteiger partial charge in [0.05, 0.1) is 45.8 Å². The van der Waals surface area contributed by atoms with Crippen LogP contribution in [0.25, 0.3) is 10.2 Å².